The van der Waals surface area contributed by atoms with Crippen LogP contribution in [0.1, 0.15) is 62.2 Å². The molecule has 0 bridgehead atoms. The molecule has 2 aliphatic heterocycles. The normalized spacial score (nSPS) is 29.6. The quantitative estimate of drug-likeness (QED) is 0.820. The van der Waals surface area contributed by atoms with Gasteiger partial charge in [0.15, 0.2) is 0 Å². The summed E-state index contributed by atoms with van der Waals surface area (Å²) in [6.45, 7) is 3.99. The molecule has 0 radical (unpaired) electrons. The van der Waals surface area contributed by atoms with Gasteiger partial charge in [-0.25, -0.2) is 0 Å². The molecular formula is C21H28N2O2. The molecule has 0 spiro atoms. The number of carbonyl (C=O) groups excluding carboxylic acids is 2. The summed E-state index contributed by atoms with van der Waals surface area (Å²) in [5.74, 6) is 1.64. The van der Waals surface area contributed by atoms with Crippen molar-refractivity contribution in [3.05, 3.63) is 29.8 Å². The maximum absolute atomic E-state index is 13.1. The smallest absolute Gasteiger partial charge is 0.254 e. The highest BCUT2D eigenvalue weighted by Crippen LogP contribution is 2.39. The number of rotatable bonds is 2. The zero-order valence-corrected chi connectivity index (χ0v) is 15.1. The van der Waals surface area contributed by atoms with Crippen LogP contribution in [0.4, 0.5) is 5.69 Å². The predicted octanol–water partition coefficient (Wildman–Crippen LogP) is 3.85. The maximum atomic E-state index is 13.1. The lowest BCUT2D eigenvalue weighted by molar-refractivity contribution is -0.117. The number of amides is 2. The highest BCUT2D eigenvalue weighted by molar-refractivity contribution is 5.97. The zero-order valence-electron chi connectivity index (χ0n) is 15.1. The molecule has 0 unspecified atom stereocenters. The molecule has 2 heterocycles. The van der Waals surface area contributed by atoms with Gasteiger partial charge in [-0.2, -0.15) is 0 Å². The largest absolute Gasteiger partial charge is 0.335 e. The summed E-state index contributed by atoms with van der Waals surface area (Å²) in [7, 11) is 0. The van der Waals surface area contributed by atoms with E-state index >= 15 is 0 Å². The van der Waals surface area contributed by atoms with Gasteiger partial charge in [-0.15, -0.1) is 0 Å². The number of nitrogens with zero attached hydrogens (tertiary/aromatic N) is 2. The Labute approximate surface area is 150 Å². The molecule has 1 saturated carbocycles. The first-order chi connectivity index (χ1) is 12.1. The Bertz CT molecular complexity index is 652. The molecular weight excluding hydrogens is 312 g/mol. The third-order valence-corrected chi connectivity index (χ3v) is 6.39. The van der Waals surface area contributed by atoms with Crippen LogP contribution in [-0.2, 0) is 4.79 Å². The Kier molecular flexibility index (Phi) is 4.53. The lowest BCUT2D eigenvalue weighted by atomic mass is 9.73. The Morgan fingerprint density at radius 3 is 2.48 bits per heavy atom. The van der Waals surface area contributed by atoms with E-state index in [9.17, 15) is 9.59 Å². The van der Waals surface area contributed by atoms with Crippen molar-refractivity contribution in [1.29, 1.82) is 0 Å². The van der Waals surface area contributed by atoms with Crippen molar-refractivity contribution >= 4 is 17.5 Å². The number of hydrogen-bond acceptors (Lipinski definition) is 2. The second-order valence-corrected chi connectivity index (χ2v) is 8.00. The van der Waals surface area contributed by atoms with Crippen LogP contribution >= 0.6 is 0 Å². The molecule has 2 amide bonds. The molecule has 1 aromatic carbocycles. The molecule has 25 heavy (non-hydrogen) atoms. The third-order valence-electron chi connectivity index (χ3n) is 6.39. The Balaban J connectivity index is 1.52. The second kappa shape index (κ2) is 6.81. The monoisotopic (exact) mass is 340 g/mol. The molecule has 3 fully saturated rings. The minimum atomic E-state index is 0.169. The Hall–Kier alpha value is -1.84. The summed E-state index contributed by atoms with van der Waals surface area (Å²) in [6.07, 6.45) is 7.77. The van der Waals surface area contributed by atoms with Gasteiger partial charge < -0.3 is 9.80 Å². The summed E-state index contributed by atoms with van der Waals surface area (Å²) in [6, 6.07) is 8.08. The summed E-state index contributed by atoms with van der Waals surface area (Å²) in [5.41, 5.74) is 1.68. The van der Waals surface area contributed by atoms with Crippen molar-refractivity contribution in [2.24, 2.45) is 11.8 Å². The average molecular weight is 340 g/mol. The molecule has 4 heteroatoms. The molecule has 1 aromatic rings. The number of carbonyl (C=O) groups is 2. The van der Waals surface area contributed by atoms with E-state index in [4.69, 9.17) is 0 Å². The fourth-order valence-corrected chi connectivity index (χ4v) is 5.17. The van der Waals surface area contributed by atoms with Crippen molar-refractivity contribution in [2.45, 2.75) is 57.9 Å². The third kappa shape index (κ3) is 3.07. The van der Waals surface area contributed by atoms with Crippen LogP contribution in [0.15, 0.2) is 24.3 Å². The fraction of sp³-hybridized carbons (Fsp3) is 0.619. The summed E-state index contributed by atoms with van der Waals surface area (Å²) in [4.78, 5) is 29.0. The van der Waals surface area contributed by atoms with Crippen molar-refractivity contribution < 1.29 is 9.59 Å². The molecule has 2 saturated heterocycles. The van der Waals surface area contributed by atoms with E-state index in [1.54, 1.807) is 0 Å². The Morgan fingerprint density at radius 2 is 1.76 bits per heavy atom. The van der Waals surface area contributed by atoms with E-state index in [0.29, 0.717) is 24.3 Å². The topological polar surface area (TPSA) is 40.6 Å². The van der Waals surface area contributed by atoms with Gasteiger partial charge in [0.25, 0.3) is 5.91 Å². The van der Waals surface area contributed by atoms with E-state index < -0.39 is 0 Å². The molecule has 0 aromatic heterocycles. The van der Waals surface area contributed by atoms with Crippen molar-refractivity contribution in [1.82, 2.24) is 4.90 Å². The van der Waals surface area contributed by atoms with E-state index in [0.717, 1.165) is 37.2 Å². The number of likely N-dealkylation sites (tertiary alicyclic amines) is 1. The molecule has 3 atom stereocenters. The molecule has 4 rings (SSSR count). The van der Waals surface area contributed by atoms with Crippen LogP contribution < -0.4 is 4.90 Å². The minimum absolute atomic E-state index is 0.169. The van der Waals surface area contributed by atoms with Gasteiger partial charge in [0, 0.05) is 36.8 Å². The number of benzene rings is 1. The SMILES string of the molecule is C[C@@H]1CCC[C@@H]2CCCN(C(=O)c3ccc(N4CCCC4=O)cc3)[C@@H]21. The van der Waals surface area contributed by atoms with E-state index in [1.165, 1.54) is 25.7 Å². The summed E-state index contributed by atoms with van der Waals surface area (Å²) in [5, 5.41) is 0. The lowest BCUT2D eigenvalue weighted by Crippen LogP contribution is -2.53. The highest BCUT2D eigenvalue weighted by Gasteiger charge is 2.39. The molecule has 0 N–H and O–H groups in total. The lowest BCUT2D eigenvalue weighted by Gasteiger charge is -2.47. The van der Waals surface area contributed by atoms with Crippen LogP contribution in [0.5, 0.6) is 0 Å². The van der Waals surface area contributed by atoms with Gasteiger partial charge in [-0.3, -0.25) is 9.59 Å². The minimum Gasteiger partial charge on any atom is -0.335 e. The first-order valence-corrected chi connectivity index (χ1v) is 9.86. The van der Waals surface area contributed by atoms with Crippen LogP contribution in [0, 0.1) is 11.8 Å². The molecule has 4 nitrogen and oxygen atoms in total. The van der Waals surface area contributed by atoms with Gasteiger partial charge in [0.05, 0.1) is 0 Å². The standard InChI is InChI=1S/C21H28N2O2/c1-15-5-2-6-16-7-3-14-23(20(15)16)21(25)17-9-11-18(12-10-17)22-13-4-8-19(22)24/h9-12,15-16,20H,2-8,13-14H2,1H3/t15-,16-,20-/m1/s1. The average Bonchev–Trinajstić information content (AvgIpc) is 3.07. The molecule has 1 aliphatic carbocycles. The Morgan fingerprint density at radius 1 is 1.00 bits per heavy atom. The van der Waals surface area contributed by atoms with Crippen LogP contribution in [0.2, 0.25) is 0 Å². The van der Waals surface area contributed by atoms with E-state index in [2.05, 4.69) is 11.8 Å². The van der Waals surface area contributed by atoms with Crippen LogP contribution in [0.25, 0.3) is 0 Å². The van der Waals surface area contributed by atoms with Gasteiger partial charge in [-0.05, 0) is 68.2 Å². The van der Waals surface area contributed by atoms with Gasteiger partial charge in [-0.1, -0.05) is 13.3 Å². The summed E-state index contributed by atoms with van der Waals surface area (Å²) < 4.78 is 0. The van der Waals surface area contributed by atoms with Crippen LogP contribution in [-0.4, -0.2) is 35.8 Å². The predicted molar refractivity (Wildman–Crippen MR) is 98.6 cm³/mol. The highest BCUT2D eigenvalue weighted by atomic mass is 16.2. The van der Waals surface area contributed by atoms with Gasteiger partial charge in [0.2, 0.25) is 5.91 Å². The van der Waals surface area contributed by atoms with Crippen LogP contribution in [0.3, 0.4) is 0 Å². The number of piperidine rings is 1. The fourth-order valence-electron chi connectivity index (χ4n) is 5.17. The van der Waals surface area contributed by atoms with Gasteiger partial charge >= 0.3 is 0 Å². The number of hydrogen-bond donors (Lipinski definition) is 0. The van der Waals surface area contributed by atoms with Crippen molar-refractivity contribution in [3.8, 4) is 0 Å². The number of fused-ring (bicyclic) bond motifs is 1. The first-order valence-electron chi connectivity index (χ1n) is 9.86. The first kappa shape index (κ1) is 16.6. The molecule has 3 aliphatic rings. The number of anilines is 1. The van der Waals surface area contributed by atoms with E-state index in [-0.39, 0.29) is 11.8 Å². The van der Waals surface area contributed by atoms with Crippen molar-refractivity contribution in [3.63, 3.8) is 0 Å². The second-order valence-electron chi connectivity index (χ2n) is 8.00. The molecule has 134 valence electrons. The van der Waals surface area contributed by atoms with Gasteiger partial charge in [0.1, 0.15) is 0 Å². The zero-order chi connectivity index (χ0) is 17.4. The summed E-state index contributed by atoms with van der Waals surface area (Å²) >= 11 is 0. The maximum Gasteiger partial charge on any atom is 0.254 e. The van der Waals surface area contributed by atoms with Crippen molar-refractivity contribution in [2.75, 3.05) is 18.0 Å². The van der Waals surface area contributed by atoms with E-state index in [1.807, 2.05) is 29.2 Å².